The van der Waals surface area contributed by atoms with Crippen molar-refractivity contribution in [2.24, 2.45) is 0 Å². The van der Waals surface area contributed by atoms with Crippen molar-refractivity contribution in [2.75, 3.05) is 19.6 Å². The number of nitrogens with one attached hydrogen (secondary N) is 2. The summed E-state index contributed by atoms with van der Waals surface area (Å²) >= 11 is 0. The first-order valence-electron chi connectivity index (χ1n) is 7.10. The zero-order chi connectivity index (χ0) is 14.8. The van der Waals surface area contributed by atoms with Gasteiger partial charge in [0.1, 0.15) is 11.7 Å². The number of ether oxygens (including phenoxy) is 2. The van der Waals surface area contributed by atoms with Crippen LogP contribution in [0.15, 0.2) is 24.5 Å². The molecule has 0 aromatic carbocycles. The molecule has 1 rings (SSSR count). The van der Waals surface area contributed by atoms with Crippen molar-refractivity contribution in [1.29, 1.82) is 0 Å². The van der Waals surface area contributed by atoms with Crippen LogP contribution in [0, 0.1) is 0 Å². The van der Waals surface area contributed by atoms with Gasteiger partial charge in [0.05, 0.1) is 6.26 Å². The molecule has 1 atom stereocenters. The monoisotopic (exact) mass is 282 g/mol. The third-order valence-electron chi connectivity index (χ3n) is 2.59. The molecule has 0 spiro atoms. The molecule has 0 bridgehead atoms. The van der Waals surface area contributed by atoms with Gasteiger partial charge in [-0.3, -0.25) is 0 Å². The molecular weight excluding hydrogens is 256 g/mol. The van der Waals surface area contributed by atoms with Crippen molar-refractivity contribution in [3.05, 3.63) is 24.5 Å². The molecule has 0 saturated heterocycles. The average molecular weight is 282 g/mol. The van der Waals surface area contributed by atoms with Crippen molar-refractivity contribution in [3.8, 4) is 0 Å². The van der Waals surface area contributed by atoms with Crippen LogP contribution in [-0.2, 0) is 9.47 Å². The lowest BCUT2D eigenvalue weighted by atomic mass is 10.1. The van der Waals surface area contributed by atoms with E-state index in [2.05, 4.69) is 10.6 Å². The van der Waals surface area contributed by atoms with Crippen LogP contribution < -0.4 is 10.6 Å². The third-order valence-corrected chi connectivity index (χ3v) is 2.59. The van der Waals surface area contributed by atoms with Gasteiger partial charge in [-0.15, -0.1) is 0 Å². The first kappa shape index (κ1) is 16.6. The summed E-state index contributed by atoms with van der Waals surface area (Å²) < 4.78 is 10.6. The number of carbonyl (C=O) groups is 1. The normalized spacial score (nSPS) is 18.9. The average Bonchev–Trinajstić information content (AvgIpc) is 2.37. The van der Waals surface area contributed by atoms with Gasteiger partial charge in [-0.2, -0.15) is 0 Å². The minimum atomic E-state index is -0.455. The van der Waals surface area contributed by atoms with Crippen LogP contribution in [0.5, 0.6) is 0 Å². The first-order chi connectivity index (χ1) is 9.47. The van der Waals surface area contributed by atoms with E-state index in [1.165, 1.54) is 0 Å². The molecule has 1 amide bonds. The predicted molar refractivity (Wildman–Crippen MR) is 79.5 cm³/mol. The summed E-state index contributed by atoms with van der Waals surface area (Å²) in [6.45, 7) is 7.60. The molecule has 0 aromatic rings. The van der Waals surface area contributed by atoms with E-state index in [1.54, 1.807) is 6.26 Å². The van der Waals surface area contributed by atoms with E-state index < -0.39 is 11.7 Å². The minimum absolute atomic E-state index is 0.272. The zero-order valence-electron chi connectivity index (χ0n) is 12.6. The van der Waals surface area contributed by atoms with Gasteiger partial charge in [0.2, 0.25) is 0 Å². The van der Waals surface area contributed by atoms with Crippen molar-refractivity contribution >= 4 is 6.09 Å². The number of allylic oxidation sites excluding steroid dienone is 1. The van der Waals surface area contributed by atoms with Crippen molar-refractivity contribution in [3.63, 3.8) is 0 Å². The molecule has 0 fully saturated rings. The third kappa shape index (κ3) is 8.58. The van der Waals surface area contributed by atoms with Crippen molar-refractivity contribution < 1.29 is 14.3 Å². The van der Waals surface area contributed by atoms with Crippen LogP contribution >= 0.6 is 0 Å². The topological polar surface area (TPSA) is 59.6 Å². The summed E-state index contributed by atoms with van der Waals surface area (Å²) in [6, 6.07) is 0. The highest BCUT2D eigenvalue weighted by Gasteiger charge is 2.14. The highest BCUT2D eigenvalue weighted by molar-refractivity contribution is 5.67. The summed E-state index contributed by atoms with van der Waals surface area (Å²) in [5.41, 5.74) is -0.455. The zero-order valence-corrected chi connectivity index (χ0v) is 12.6. The van der Waals surface area contributed by atoms with E-state index in [1.807, 2.05) is 39.0 Å². The maximum Gasteiger partial charge on any atom is 0.407 e. The van der Waals surface area contributed by atoms with Gasteiger partial charge in [-0.1, -0.05) is 12.2 Å². The van der Waals surface area contributed by atoms with Gasteiger partial charge in [-0.05, 0) is 39.7 Å². The fourth-order valence-electron chi connectivity index (χ4n) is 1.69. The molecule has 0 radical (unpaired) electrons. The van der Waals surface area contributed by atoms with E-state index >= 15 is 0 Å². The fourth-order valence-corrected chi connectivity index (χ4v) is 1.69. The summed E-state index contributed by atoms with van der Waals surface area (Å²) in [5.74, 6) is 0. The second-order valence-corrected chi connectivity index (χ2v) is 5.72. The van der Waals surface area contributed by atoms with Crippen LogP contribution in [0.25, 0.3) is 0 Å². The summed E-state index contributed by atoms with van der Waals surface area (Å²) in [7, 11) is 0. The van der Waals surface area contributed by atoms with E-state index in [4.69, 9.17) is 9.47 Å². The van der Waals surface area contributed by atoms with Crippen LogP contribution in [-0.4, -0.2) is 37.4 Å². The standard InChI is InChI=1S/C15H26N2O3/c1-15(2,3)20-14(18)17-10-6-5-9-16-12-13-8-4-7-11-19-13/h5-7,11,13,16H,4,8-10,12H2,1-3H3,(H,17,18)/b6-5+. The molecule has 1 unspecified atom stereocenters. The van der Waals surface area contributed by atoms with Crippen LogP contribution in [0.1, 0.15) is 33.6 Å². The lowest BCUT2D eigenvalue weighted by Gasteiger charge is -2.19. The summed E-state index contributed by atoms with van der Waals surface area (Å²) in [5, 5.41) is 5.96. The predicted octanol–water partition coefficient (Wildman–Crippen LogP) is 2.35. The quantitative estimate of drug-likeness (QED) is 0.580. The van der Waals surface area contributed by atoms with Gasteiger partial charge >= 0.3 is 6.09 Å². The lowest BCUT2D eigenvalue weighted by molar-refractivity contribution is 0.0534. The maximum absolute atomic E-state index is 11.3. The molecule has 0 saturated carbocycles. The molecule has 5 nitrogen and oxygen atoms in total. The molecule has 1 heterocycles. The number of hydrogen-bond acceptors (Lipinski definition) is 4. The van der Waals surface area contributed by atoms with E-state index in [-0.39, 0.29) is 6.10 Å². The van der Waals surface area contributed by atoms with Gasteiger partial charge < -0.3 is 20.1 Å². The molecule has 0 aromatic heterocycles. The lowest BCUT2D eigenvalue weighted by Crippen LogP contribution is -2.32. The molecule has 5 heteroatoms. The smallest absolute Gasteiger partial charge is 0.407 e. The number of hydrogen-bond donors (Lipinski definition) is 2. The minimum Gasteiger partial charge on any atom is -0.497 e. The molecule has 20 heavy (non-hydrogen) atoms. The number of carbonyl (C=O) groups excluding carboxylic acids is 1. The Kier molecular flexibility index (Phi) is 7.15. The van der Waals surface area contributed by atoms with Crippen molar-refractivity contribution in [2.45, 2.75) is 45.3 Å². The second-order valence-electron chi connectivity index (χ2n) is 5.72. The SMILES string of the molecule is CC(C)(C)OC(=O)NC/C=C/CNCC1CCC=CO1. The van der Waals surface area contributed by atoms with E-state index in [0.717, 1.165) is 25.9 Å². The molecule has 2 N–H and O–H groups in total. The number of amides is 1. The highest BCUT2D eigenvalue weighted by atomic mass is 16.6. The number of alkyl carbamates (subject to hydrolysis) is 1. The van der Waals surface area contributed by atoms with Gasteiger partial charge in [-0.25, -0.2) is 4.79 Å². The second kappa shape index (κ2) is 8.64. The molecule has 1 aliphatic heterocycles. The molecular formula is C15H26N2O3. The first-order valence-corrected chi connectivity index (χ1v) is 7.10. The Balaban J connectivity index is 1.99. The Hall–Kier alpha value is -1.49. The Bertz CT molecular complexity index is 346. The van der Waals surface area contributed by atoms with E-state index in [9.17, 15) is 4.79 Å². The van der Waals surface area contributed by atoms with E-state index in [0.29, 0.717) is 6.54 Å². The Morgan fingerprint density at radius 1 is 1.40 bits per heavy atom. The van der Waals surface area contributed by atoms with Gasteiger partial charge in [0.25, 0.3) is 0 Å². The van der Waals surface area contributed by atoms with Crippen LogP contribution in [0.3, 0.4) is 0 Å². The van der Waals surface area contributed by atoms with Crippen LogP contribution in [0.4, 0.5) is 4.79 Å². The van der Waals surface area contributed by atoms with Gasteiger partial charge in [0, 0.05) is 19.6 Å². The van der Waals surface area contributed by atoms with Gasteiger partial charge in [0.15, 0.2) is 0 Å². The Morgan fingerprint density at radius 2 is 2.15 bits per heavy atom. The van der Waals surface area contributed by atoms with Crippen molar-refractivity contribution in [1.82, 2.24) is 10.6 Å². The molecule has 0 aliphatic carbocycles. The highest BCUT2D eigenvalue weighted by Crippen LogP contribution is 2.08. The molecule has 1 aliphatic rings. The summed E-state index contributed by atoms with van der Waals surface area (Å²) in [4.78, 5) is 11.3. The van der Waals surface area contributed by atoms with Crippen LogP contribution in [0.2, 0.25) is 0 Å². The maximum atomic E-state index is 11.3. The fraction of sp³-hybridized carbons (Fsp3) is 0.667. The molecule has 114 valence electrons. The Morgan fingerprint density at radius 3 is 2.80 bits per heavy atom. The summed E-state index contributed by atoms with van der Waals surface area (Å²) in [6.07, 6.45) is 9.73. The largest absolute Gasteiger partial charge is 0.497 e. The Labute approximate surface area is 121 Å². The number of rotatable bonds is 6.